The second kappa shape index (κ2) is 4.89. The van der Waals surface area contributed by atoms with Gasteiger partial charge in [-0.2, -0.15) is 0 Å². The molecule has 1 heterocycles. The van der Waals surface area contributed by atoms with Crippen molar-refractivity contribution in [3.63, 3.8) is 0 Å². The van der Waals surface area contributed by atoms with Gasteiger partial charge in [0.15, 0.2) is 0 Å². The van der Waals surface area contributed by atoms with Gasteiger partial charge in [-0.05, 0) is 33.2 Å². The Morgan fingerprint density at radius 2 is 1.85 bits per heavy atom. The smallest absolute Gasteiger partial charge is 0.253 e. The molecule has 0 aromatic heterocycles. The third-order valence-corrected chi connectivity index (χ3v) is 2.80. The number of alkyl halides is 2. The number of rotatable bonds is 2. The molecule has 78 valence electrons. The molecule has 0 unspecified atom stereocenters. The van der Waals surface area contributed by atoms with Crippen LogP contribution < -0.4 is 0 Å². The molecule has 0 bridgehead atoms. The highest BCUT2D eigenvalue weighted by molar-refractivity contribution is 4.79. The van der Waals surface area contributed by atoms with E-state index < -0.39 is 12.5 Å². The molecule has 1 aliphatic rings. The molecule has 0 radical (unpaired) electrons. The Morgan fingerprint density at radius 3 is 2.38 bits per heavy atom. The van der Waals surface area contributed by atoms with Crippen molar-refractivity contribution in [2.24, 2.45) is 0 Å². The predicted molar refractivity (Wildman–Crippen MR) is 50.1 cm³/mol. The lowest BCUT2D eigenvalue weighted by Gasteiger charge is -2.32. The van der Waals surface area contributed by atoms with E-state index in [9.17, 15) is 8.78 Å². The first kappa shape index (κ1) is 10.9. The molecule has 1 saturated heterocycles. The van der Waals surface area contributed by atoms with Gasteiger partial charge in [0.2, 0.25) is 0 Å². The molecule has 1 fully saturated rings. The normalized spacial score (nSPS) is 26.8. The van der Waals surface area contributed by atoms with Gasteiger partial charge in [0, 0.05) is 6.04 Å². The van der Waals surface area contributed by atoms with Crippen LogP contribution in [0.4, 0.5) is 8.78 Å². The van der Waals surface area contributed by atoms with Gasteiger partial charge in [-0.15, -0.1) is 0 Å². The lowest BCUT2D eigenvalue weighted by Crippen LogP contribution is -2.44. The van der Waals surface area contributed by atoms with Crippen molar-refractivity contribution in [3.8, 4) is 0 Å². The Labute approximate surface area is 79.1 Å². The summed E-state index contributed by atoms with van der Waals surface area (Å²) in [5, 5.41) is 0. The molecule has 0 saturated carbocycles. The van der Waals surface area contributed by atoms with E-state index in [4.69, 9.17) is 0 Å². The highest BCUT2D eigenvalue weighted by atomic mass is 19.3. The van der Waals surface area contributed by atoms with Crippen molar-refractivity contribution < 1.29 is 8.78 Å². The zero-order valence-electron chi connectivity index (χ0n) is 8.47. The topological polar surface area (TPSA) is 3.24 Å². The van der Waals surface area contributed by atoms with Crippen LogP contribution in [0.5, 0.6) is 0 Å². The van der Waals surface area contributed by atoms with Crippen molar-refractivity contribution in [2.45, 2.75) is 58.0 Å². The molecule has 1 nitrogen and oxygen atoms in total. The molecule has 1 atom stereocenters. The summed E-state index contributed by atoms with van der Waals surface area (Å²) in [6, 6.07) is -0.250. The summed E-state index contributed by atoms with van der Waals surface area (Å²) in [7, 11) is 0. The van der Waals surface area contributed by atoms with E-state index in [2.05, 4.69) is 0 Å². The van der Waals surface area contributed by atoms with Gasteiger partial charge in [0.1, 0.15) is 0 Å². The zero-order valence-corrected chi connectivity index (χ0v) is 8.47. The minimum absolute atomic E-state index is 0.247. The second-order valence-corrected chi connectivity index (χ2v) is 4.08. The van der Waals surface area contributed by atoms with Crippen LogP contribution in [0.25, 0.3) is 0 Å². The van der Waals surface area contributed by atoms with Crippen LogP contribution in [0.3, 0.4) is 0 Å². The van der Waals surface area contributed by atoms with E-state index in [0.717, 1.165) is 25.8 Å². The average Bonchev–Trinajstić information content (AvgIpc) is 2.27. The number of hydrogen-bond acceptors (Lipinski definition) is 1. The summed E-state index contributed by atoms with van der Waals surface area (Å²) in [4.78, 5) is 1.96. The standard InChI is InChI=1S/C10H19F2N/c1-8(2)13-7-5-3-4-6-9(13)10(11)12/h8-10H,3-7H2,1-2H3/t9-/m0/s1. The highest BCUT2D eigenvalue weighted by Gasteiger charge is 2.29. The van der Waals surface area contributed by atoms with E-state index in [1.165, 1.54) is 0 Å². The van der Waals surface area contributed by atoms with E-state index in [1.54, 1.807) is 0 Å². The summed E-state index contributed by atoms with van der Waals surface area (Å²) in [6.45, 7) is 4.84. The fourth-order valence-electron chi connectivity index (χ4n) is 2.07. The van der Waals surface area contributed by atoms with Crippen LogP contribution in [0.1, 0.15) is 39.5 Å². The molecule has 0 aromatic rings. The van der Waals surface area contributed by atoms with Crippen molar-refractivity contribution in [1.29, 1.82) is 0 Å². The largest absolute Gasteiger partial charge is 0.293 e. The molecular weight excluding hydrogens is 172 g/mol. The highest BCUT2D eigenvalue weighted by Crippen LogP contribution is 2.23. The quantitative estimate of drug-likeness (QED) is 0.648. The fourth-order valence-corrected chi connectivity index (χ4v) is 2.07. The van der Waals surface area contributed by atoms with Crippen molar-refractivity contribution >= 4 is 0 Å². The van der Waals surface area contributed by atoms with Crippen LogP contribution in [-0.4, -0.2) is 30.0 Å². The van der Waals surface area contributed by atoms with Crippen LogP contribution >= 0.6 is 0 Å². The van der Waals surface area contributed by atoms with Crippen LogP contribution in [0.15, 0.2) is 0 Å². The lowest BCUT2D eigenvalue weighted by atomic mass is 10.1. The monoisotopic (exact) mass is 191 g/mol. The van der Waals surface area contributed by atoms with Crippen molar-refractivity contribution in [1.82, 2.24) is 4.90 Å². The Bertz CT molecular complexity index is 132. The van der Waals surface area contributed by atoms with E-state index >= 15 is 0 Å². The summed E-state index contributed by atoms with van der Waals surface area (Å²) in [6.07, 6.45) is 1.61. The van der Waals surface area contributed by atoms with Gasteiger partial charge in [0.05, 0.1) is 6.04 Å². The maximum Gasteiger partial charge on any atom is 0.253 e. The minimum Gasteiger partial charge on any atom is -0.293 e. The third kappa shape index (κ3) is 2.90. The SMILES string of the molecule is CC(C)N1CCCCC[C@H]1C(F)F. The van der Waals surface area contributed by atoms with Gasteiger partial charge in [-0.25, -0.2) is 8.78 Å². The molecule has 3 heteroatoms. The lowest BCUT2D eigenvalue weighted by molar-refractivity contribution is 0.0105. The zero-order chi connectivity index (χ0) is 9.84. The second-order valence-electron chi connectivity index (χ2n) is 4.08. The Balaban J connectivity index is 2.61. The fraction of sp³-hybridized carbons (Fsp3) is 1.00. The van der Waals surface area contributed by atoms with Gasteiger partial charge in [-0.3, -0.25) is 4.90 Å². The third-order valence-electron chi connectivity index (χ3n) is 2.80. The summed E-state index contributed by atoms with van der Waals surface area (Å²) in [5.74, 6) is 0. The van der Waals surface area contributed by atoms with Gasteiger partial charge < -0.3 is 0 Å². The summed E-state index contributed by atoms with van der Waals surface area (Å²) >= 11 is 0. The number of nitrogens with zero attached hydrogens (tertiary/aromatic N) is 1. The van der Waals surface area contributed by atoms with Crippen molar-refractivity contribution in [2.75, 3.05) is 6.54 Å². The average molecular weight is 191 g/mol. The first-order valence-electron chi connectivity index (χ1n) is 5.17. The molecule has 0 aliphatic carbocycles. The molecule has 0 amide bonds. The molecule has 0 N–H and O–H groups in total. The minimum atomic E-state index is -2.18. The number of hydrogen-bond donors (Lipinski definition) is 0. The maximum atomic E-state index is 12.7. The van der Waals surface area contributed by atoms with E-state index in [1.807, 2.05) is 18.7 Å². The molecule has 1 rings (SSSR count). The number of halogens is 2. The first-order chi connectivity index (χ1) is 6.13. The molecule has 1 aliphatic heterocycles. The van der Waals surface area contributed by atoms with Gasteiger partial charge in [0.25, 0.3) is 6.43 Å². The molecule has 0 spiro atoms. The van der Waals surface area contributed by atoms with Crippen LogP contribution in [0, 0.1) is 0 Å². The molecular formula is C10H19F2N. The van der Waals surface area contributed by atoms with E-state index in [-0.39, 0.29) is 6.04 Å². The van der Waals surface area contributed by atoms with Gasteiger partial charge >= 0.3 is 0 Å². The Morgan fingerprint density at radius 1 is 1.15 bits per heavy atom. The van der Waals surface area contributed by atoms with E-state index in [0.29, 0.717) is 6.42 Å². The summed E-state index contributed by atoms with van der Waals surface area (Å²) < 4.78 is 25.3. The maximum absolute atomic E-state index is 12.7. The number of likely N-dealkylation sites (tertiary alicyclic amines) is 1. The van der Waals surface area contributed by atoms with Crippen LogP contribution in [-0.2, 0) is 0 Å². The molecule has 13 heavy (non-hydrogen) atoms. The van der Waals surface area contributed by atoms with Crippen molar-refractivity contribution in [3.05, 3.63) is 0 Å². The first-order valence-corrected chi connectivity index (χ1v) is 5.17. The van der Waals surface area contributed by atoms with Crippen LogP contribution in [0.2, 0.25) is 0 Å². The Kier molecular flexibility index (Phi) is 4.10. The predicted octanol–water partition coefficient (Wildman–Crippen LogP) is 2.90. The Hall–Kier alpha value is -0.180. The summed E-state index contributed by atoms with van der Waals surface area (Å²) in [5.41, 5.74) is 0. The molecule has 0 aromatic carbocycles. The van der Waals surface area contributed by atoms with Gasteiger partial charge in [-0.1, -0.05) is 12.8 Å².